The second-order valence-corrected chi connectivity index (χ2v) is 4.71. The van der Waals surface area contributed by atoms with Crippen LogP contribution in [0.4, 0.5) is 5.69 Å². The van der Waals surface area contributed by atoms with Crippen LogP contribution in [0.5, 0.6) is 0 Å². The lowest BCUT2D eigenvalue weighted by Gasteiger charge is -2.36. The maximum atomic E-state index is 5.71. The molecule has 0 spiro atoms. The SMILES string of the molecule is CC1CCCCN1c1cccnc1C(N)=S. The minimum absolute atomic E-state index is 0.383. The highest BCUT2D eigenvalue weighted by molar-refractivity contribution is 7.80. The molecule has 0 radical (unpaired) electrons. The first-order valence-electron chi connectivity index (χ1n) is 5.71. The van der Waals surface area contributed by atoms with Crippen LogP contribution >= 0.6 is 12.2 Å². The number of anilines is 1. The van der Waals surface area contributed by atoms with E-state index in [2.05, 4.69) is 22.9 Å². The Balaban J connectivity index is 2.34. The van der Waals surface area contributed by atoms with Gasteiger partial charge < -0.3 is 10.6 Å². The van der Waals surface area contributed by atoms with Crippen LogP contribution in [-0.4, -0.2) is 22.6 Å². The Morgan fingerprint density at radius 1 is 1.56 bits per heavy atom. The first-order valence-corrected chi connectivity index (χ1v) is 6.12. The van der Waals surface area contributed by atoms with Gasteiger partial charge in [-0.25, -0.2) is 0 Å². The van der Waals surface area contributed by atoms with Gasteiger partial charge in [-0.2, -0.15) is 0 Å². The monoisotopic (exact) mass is 235 g/mol. The number of pyridine rings is 1. The largest absolute Gasteiger partial charge is 0.388 e. The van der Waals surface area contributed by atoms with Gasteiger partial charge in [-0.15, -0.1) is 0 Å². The minimum Gasteiger partial charge on any atom is -0.388 e. The van der Waals surface area contributed by atoms with Gasteiger partial charge in [0.25, 0.3) is 0 Å². The Labute approximate surface area is 102 Å². The number of nitrogens with two attached hydrogens (primary N) is 1. The van der Waals surface area contributed by atoms with Gasteiger partial charge in [-0.3, -0.25) is 4.98 Å². The van der Waals surface area contributed by atoms with E-state index in [4.69, 9.17) is 18.0 Å². The molecule has 1 fully saturated rings. The molecule has 1 atom stereocenters. The van der Waals surface area contributed by atoms with Crippen LogP contribution in [-0.2, 0) is 0 Å². The molecule has 1 aliphatic rings. The first-order chi connectivity index (χ1) is 7.70. The summed E-state index contributed by atoms with van der Waals surface area (Å²) in [7, 11) is 0. The minimum atomic E-state index is 0.383. The molecular formula is C12H17N3S. The van der Waals surface area contributed by atoms with Gasteiger partial charge in [0.2, 0.25) is 0 Å². The molecular weight excluding hydrogens is 218 g/mol. The molecule has 0 aromatic carbocycles. The highest BCUT2D eigenvalue weighted by Crippen LogP contribution is 2.26. The van der Waals surface area contributed by atoms with Crippen LogP contribution in [0.25, 0.3) is 0 Å². The van der Waals surface area contributed by atoms with Gasteiger partial charge in [0.05, 0.1) is 5.69 Å². The molecule has 86 valence electrons. The molecule has 0 aliphatic carbocycles. The average molecular weight is 235 g/mol. The molecule has 4 heteroatoms. The predicted octanol–water partition coefficient (Wildman–Crippen LogP) is 2.09. The summed E-state index contributed by atoms with van der Waals surface area (Å²) in [5.74, 6) is 0. The summed E-state index contributed by atoms with van der Waals surface area (Å²) in [6, 6.07) is 4.55. The number of hydrogen-bond donors (Lipinski definition) is 1. The summed E-state index contributed by atoms with van der Waals surface area (Å²) < 4.78 is 0. The van der Waals surface area contributed by atoms with E-state index in [1.54, 1.807) is 6.20 Å². The number of piperidine rings is 1. The van der Waals surface area contributed by atoms with E-state index in [0.717, 1.165) is 17.9 Å². The molecule has 1 saturated heterocycles. The lowest BCUT2D eigenvalue weighted by molar-refractivity contribution is 0.484. The Morgan fingerprint density at radius 3 is 3.06 bits per heavy atom. The van der Waals surface area contributed by atoms with Crippen molar-refractivity contribution in [2.45, 2.75) is 32.2 Å². The van der Waals surface area contributed by atoms with E-state index < -0.39 is 0 Å². The van der Waals surface area contributed by atoms with Crippen molar-refractivity contribution < 1.29 is 0 Å². The smallest absolute Gasteiger partial charge is 0.124 e. The number of hydrogen-bond acceptors (Lipinski definition) is 3. The third-order valence-corrected chi connectivity index (χ3v) is 3.33. The van der Waals surface area contributed by atoms with Crippen LogP contribution < -0.4 is 10.6 Å². The van der Waals surface area contributed by atoms with E-state index in [9.17, 15) is 0 Å². The number of thiocarbonyl (C=S) groups is 1. The van der Waals surface area contributed by atoms with Crippen LogP contribution in [0.2, 0.25) is 0 Å². The van der Waals surface area contributed by atoms with Crippen molar-refractivity contribution in [1.29, 1.82) is 0 Å². The summed E-state index contributed by atoms with van der Waals surface area (Å²) in [5.41, 5.74) is 7.55. The molecule has 16 heavy (non-hydrogen) atoms. The van der Waals surface area contributed by atoms with Crippen molar-refractivity contribution in [3.8, 4) is 0 Å². The summed E-state index contributed by atoms with van der Waals surface area (Å²) in [5, 5.41) is 0. The molecule has 3 nitrogen and oxygen atoms in total. The van der Waals surface area contributed by atoms with Crippen molar-refractivity contribution in [3.05, 3.63) is 24.0 Å². The van der Waals surface area contributed by atoms with Crippen molar-refractivity contribution in [1.82, 2.24) is 4.98 Å². The fourth-order valence-electron chi connectivity index (χ4n) is 2.27. The number of aromatic nitrogens is 1. The highest BCUT2D eigenvalue weighted by atomic mass is 32.1. The zero-order valence-corrected chi connectivity index (χ0v) is 10.3. The first kappa shape index (κ1) is 11.3. The van der Waals surface area contributed by atoms with Gasteiger partial charge in [0, 0.05) is 18.8 Å². The second kappa shape index (κ2) is 4.78. The Morgan fingerprint density at radius 2 is 2.38 bits per heavy atom. The normalized spacial score (nSPS) is 20.8. The molecule has 0 amide bonds. The van der Waals surface area contributed by atoms with Crippen molar-refractivity contribution >= 4 is 22.9 Å². The molecule has 2 rings (SSSR count). The van der Waals surface area contributed by atoms with Crippen LogP contribution in [0.3, 0.4) is 0 Å². The number of rotatable bonds is 2. The standard InChI is InChI=1S/C12H17N3S/c1-9-5-2-3-8-15(9)10-6-4-7-14-11(10)12(13)16/h4,6-7,9H,2-3,5,8H2,1H3,(H2,13,16). The van der Waals surface area contributed by atoms with Gasteiger partial charge >= 0.3 is 0 Å². The molecule has 1 unspecified atom stereocenters. The maximum absolute atomic E-state index is 5.71. The molecule has 0 saturated carbocycles. The topological polar surface area (TPSA) is 42.2 Å². The van der Waals surface area contributed by atoms with Crippen LogP contribution in [0.1, 0.15) is 31.9 Å². The zero-order chi connectivity index (χ0) is 11.5. The van der Waals surface area contributed by atoms with Crippen molar-refractivity contribution in [3.63, 3.8) is 0 Å². The third-order valence-electron chi connectivity index (χ3n) is 3.13. The summed E-state index contributed by atoms with van der Waals surface area (Å²) in [6.45, 7) is 3.32. The zero-order valence-electron chi connectivity index (χ0n) is 9.52. The third kappa shape index (κ3) is 2.16. The van der Waals surface area contributed by atoms with Crippen LogP contribution in [0.15, 0.2) is 18.3 Å². The van der Waals surface area contributed by atoms with Gasteiger partial charge in [-0.1, -0.05) is 12.2 Å². The second-order valence-electron chi connectivity index (χ2n) is 4.27. The summed E-state index contributed by atoms with van der Waals surface area (Å²) in [4.78, 5) is 7.03. The van der Waals surface area contributed by atoms with E-state index in [0.29, 0.717) is 11.0 Å². The van der Waals surface area contributed by atoms with Gasteiger partial charge in [-0.05, 0) is 38.3 Å². The Kier molecular flexibility index (Phi) is 3.39. The van der Waals surface area contributed by atoms with Gasteiger partial charge in [0.1, 0.15) is 10.7 Å². The molecule has 1 aromatic heterocycles. The molecule has 2 N–H and O–H groups in total. The van der Waals surface area contributed by atoms with E-state index in [-0.39, 0.29) is 0 Å². The lowest BCUT2D eigenvalue weighted by atomic mass is 10.0. The summed E-state index contributed by atoms with van der Waals surface area (Å²) >= 11 is 5.05. The molecule has 1 aliphatic heterocycles. The Bertz CT molecular complexity index is 392. The average Bonchev–Trinajstić information content (AvgIpc) is 2.29. The fourth-order valence-corrected chi connectivity index (χ4v) is 2.43. The highest BCUT2D eigenvalue weighted by Gasteiger charge is 2.21. The molecule has 0 bridgehead atoms. The van der Waals surface area contributed by atoms with E-state index in [1.807, 2.05) is 6.07 Å². The van der Waals surface area contributed by atoms with E-state index in [1.165, 1.54) is 19.3 Å². The summed E-state index contributed by atoms with van der Waals surface area (Å²) in [6.07, 6.45) is 5.51. The van der Waals surface area contributed by atoms with Gasteiger partial charge in [0.15, 0.2) is 0 Å². The van der Waals surface area contributed by atoms with E-state index >= 15 is 0 Å². The fraction of sp³-hybridized carbons (Fsp3) is 0.500. The van der Waals surface area contributed by atoms with Crippen molar-refractivity contribution in [2.24, 2.45) is 5.73 Å². The maximum Gasteiger partial charge on any atom is 0.124 e. The molecule has 2 heterocycles. The lowest BCUT2D eigenvalue weighted by Crippen LogP contribution is -2.38. The Hall–Kier alpha value is -1.16. The molecule has 1 aromatic rings. The van der Waals surface area contributed by atoms with Crippen molar-refractivity contribution in [2.75, 3.05) is 11.4 Å². The van der Waals surface area contributed by atoms with Crippen LogP contribution in [0, 0.1) is 0 Å². The number of nitrogens with zero attached hydrogens (tertiary/aromatic N) is 2. The predicted molar refractivity (Wildman–Crippen MR) is 70.8 cm³/mol. The quantitative estimate of drug-likeness (QED) is 0.797.